The lowest BCUT2D eigenvalue weighted by molar-refractivity contribution is -0.384. The third-order valence-corrected chi connectivity index (χ3v) is 3.13. The van der Waals surface area contributed by atoms with Gasteiger partial charge in [-0.15, -0.1) is 0 Å². The fourth-order valence-electron chi connectivity index (χ4n) is 1.60. The normalized spacial score (nSPS) is 15.6. The summed E-state index contributed by atoms with van der Waals surface area (Å²) in [6, 6.07) is 4.46. The molecule has 1 aliphatic rings. The third kappa shape index (κ3) is 2.44. The molecule has 4 nitrogen and oxygen atoms in total. The average molecular weight is 242 g/mol. The number of ether oxygens (including phenoxy) is 1. The summed E-state index contributed by atoms with van der Waals surface area (Å²) >= 11 is 5.77. The standard InChI is InChI=1S/C11H12ClNO3/c12-10-6-9(4-5-11(10)13(14)15)16-7-8-2-1-3-8/h4-6,8H,1-3,7H2. The molecule has 0 N–H and O–H groups in total. The highest BCUT2D eigenvalue weighted by atomic mass is 35.5. The topological polar surface area (TPSA) is 52.4 Å². The van der Waals surface area contributed by atoms with E-state index in [9.17, 15) is 10.1 Å². The van der Waals surface area contributed by atoms with Crippen LogP contribution in [0.4, 0.5) is 5.69 Å². The lowest BCUT2D eigenvalue weighted by Crippen LogP contribution is -2.19. The Hall–Kier alpha value is -1.29. The third-order valence-electron chi connectivity index (χ3n) is 2.83. The van der Waals surface area contributed by atoms with Crippen LogP contribution in [0, 0.1) is 16.0 Å². The first-order valence-electron chi connectivity index (χ1n) is 5.23. The van der Waals surface area contributed by atoms with Crippen molar-refractivity contribution in [1.82, 2.24) is 0 Å². The number of halogens is 1. The highest BCUT2D eigenvalue weighted by molar-refractivity contribution is 6.32. The maximum atomic E-state index is 10.5. The van der Waals surface area contributed by atoms with E-state index < -0.39 is 4.92 Å². The number of nitrogens with zero attached hydrogens (tertiary/aromatic N) is 1. The summed E-state index contributed by atoms with van der Waals surface area (Å²) in [6.45, 7) is 0.675. The van der Waals surface area contributed by atoms with Gasteiger partial charge in [-0.2, -0.15) is 0 Å². The molecule has 1 aromatic rings. The van der Waals surface area contributed by atoms with Crippen molar-refractivity contribution in [2.45, 2.75) is 19.3 Å². The number of hydrogen-bond acceptors (Lipinski definition) is 3. The van der Waals surface area contributed by atoms with Crippen molar-refractivity contribution in [2.24, 2.45) is 5.92 Å². The van der Waals surface area contributed by atoms with Gasteiger partial charge < -0.3 is 4.74 Å². The molecule has 1 aromatic carbocycles. The van der Waals surface area contributed by atoms with Crippen LogP contribution in [0.3, 0.4) is 0 Å². The second kappa shape index (κ2) is 4.70. The molecule has 0 unspecified atom stereocenters. The van der Waals surface area contributed by atoms with Crippen molar-refractivity contribution >= 4 is 17.3 Å². The van der Waals surface area contributed by atoms with Gasteiger partial charge in [-0.25, -0.2) is 0 Å². The summed E-state index contributed by atoms with van der Waals surface area (Å²) in [6.07, 6.45) is 3.69. The molecule has 5 heteroatoms. The first kappa shape index (κ1) is 11.2. The number of rotatable bonds is 4. The molecule has 0 saturated heterocycles. The van der Waals surface area contributed by atoms with Crippen LogP contribution < -0.4 is 4.74 Å². The van der Waals surface area contributed by atoms with Crippen LogP contribution in [0.15, 0.2) is 18.2 Å². The zero-order chi connectivity index (χ0) is 11.5. The Morgan fingerprint density at radius 2 is 2.25 bits per heavy atom. The Kier molecular flexibility index (Phi) is 3.29. The molecule has 0 amide bonds. The van der Waals surface area contributed by atoms with Crippen LogP contribution in [-0.2, 0) is 0 Å². The van der Waals surface area contributed by atoms with Crippen molar-refractivity contribution in [3.8, 4) is 5.75 Å². The van der Waals surface area contributed by atoms with Gasteiger partial charge in [0.1, 0.15) is 10.8 Å². The Morgan fingerprint density at radius 3 is 2.75 bits per heavy atom. The smallest absolute Gasteiger partial charge is 0.288 e. The van der Waals surface area contributed by atoms with E-state index in [2.05, 4.69) is 0 Å². The molecular formula is C11H12ClNO3. The van der Waals surface area contributed by atoms with Crippen LogP contribution in [-0.4, -0.2) is 11.5 Å². The minimum Gasteiger partial charge on any atom is -0.493 e. The monoisotopic (exact) mass is 241 g/mol. The van der Waals surface area contributed by atoms with E-state index in [0.717, 1.165) is 0 Å². The molecule has 0 heterocycles. The van der Waals surface area contributed by atoms with Gasteiger partial charge in [-0.3, -0.25) is 10.1 Å². The van der Waals surface area contributed by atoms with Gasteiger partial charge in [-0.1, -0.05) is 18.0 Å². The molecular weight excluding hydrogens is 230 g/mol. The maximum Gasteiger partial charge on any atom is 0.288 e. The highest BCUT2D eigenvalue weighted by Gasteiger charge is 2.18. The lowest BCUT2D eigenvalue weighted by Gasteiger charge is -2.25. The summed E-state index contributed by atoms with van der Waals surface area (Å²) in [4.78, 5) is 10.0. The second-order valence-electron chi connectivity index (χ2n) is 3.98. The Balaban J connectivity index is 1.99. The molecule has 0 atom stereocenters. The average Bonchev–Trinajstić information content (AvgIpc) is 2.14. The SMILES string of the molecule is O=[N+]([O-])c1ccc(OCC2CCC2)cc1Cl. The fraction of sp³-hybridized carbons (Fsp3) is 0.455. The largest absolute Gasteiger partial charge is 0.493 e. The summed E-state index contributed by atoms with van der Waals surface area (Å²) in [5.74, 6) is 1.23. The predicted molar refractivity (Wildman–Crippen MR) is 60.9 cm³/mol. The Bertz CT molecular complexity index is 404. The van der Waals surface area contributed by atoms with Crippen molar-refractivity contribution in [3.05, 3.63) is 33.3 Å². The number of hydrogen-bond donors (Lipinski definition) is 0. The van der Waals surface area contributed by atoms with E-state index in [1.807, 2.05) is 0 Å². The molecule has 0 aromatic heterocycles. The van der Waals surface area contributed by atoms with E-state index in [1.54, 1.807) is 6.07 Å². The van der Waals surface area contributed by atoms with E-state index in [0.29, 0.717) is 18.3 Å². The van der Waals surface area contributed by atoms with E-state index in [1.165, 1.54) is 31.4 Å². The van der Waals surface area contributed by atoms with Crippen LogP contribution in [0.2, 0.25) is 5.02 Å². The molecule has 1 aliphatic carbocycles. The number of nitro groups is 1. The van der Waals surface area contributed by atoms with E-state index in [4.69, 9.17) is 16.3 Å². The Morgan fingerprint density at radius 1 is 1.50 bits per heavy atom. The van der Waals surface area contributed by atoms with Crippen LogP contribution in [0.1, 0.15) is 19.3 Å². The second-order valence-corrected chi connectivity index (χ2v) is 4.39. The van der Waals surface area contributed by atoms with Gasteiger partial charge >= 0.3 is 0 Å². The van der Waals surface area contributed by atoms with Crippen molar-refractivity contribution in [1.29, 1.82) is 0 Å². The zero-order valence-electron chi connectivity index (χ0n) is 8.69. The van der Waals surface area contributed by atoms with Gasteiger partial charge in [0.15, 0.2) is 0 Å². The molecule has 0 spiro atoms. The van der Waals surface area contributed by atoms with Crippen LogP contribution >= 0.6 is 11.6 Å². The highest BCUT2D eigenvalue weighted by Crippen LogP contribution is 2.30. The molecule has 0 aliphatic heterocycles. The molecule has 1 fully saturated rings. The van der Waals surface area contributed by atoms with E-state index in [-0.39, 0.29) is 10.7 Å². The number of benzene rings is 1. The van der Waals surface area contributed by atoms with Gasteiger partial charge in [0.25, 0.3) is 5.69 Å². The van der Waals surface area contributed by atoms with Crippen LogP contribution in [0.25, 0.3) is 0 Å². The van der Waals surface area contributed by atoms with Crippen molar-refractivity contribution < 1.29 is 9.66 Å². The summed E-state index contributed by atoms with van der Waals surface area (Å²) in [5.41, 5.74) is -0.0855. The fourth-order valence-corrected chi connectivity index (χ4v) is 1.84. The zero-order valence-corrected chi connectivity index (χ0v) is 9.44. The van der Waals surface area contributed by atoms with E-state index >= 15 is 0 Å². The summed E-state index contributed by atoms with van der Waals surface area (Å²) < 4.78 is 5.52. The quantitative estimate of drug-likeness (QED) is 0.599. The predicted octanol–water partition coefficient (Wildman–Crippen LogP) is 3.43. The minimum atomic E-state index is -0.502. The summed E-state index contributed by atoms with van der Waals surface area (Å²) in [5, 5.41) is 10.7. The molecule has 0 bridgehead atoms. The van der Waals surface area contributed by atoms with Crippen molar-refractivity contribution in [3.63, 3.8) is 0 Å². The molecule has 0 radical (unpaired) electrons. The molecule has 86 valence electrons. The van der Waals surface area contributed by atoms with Gasteiger partial charge in [0.2, 0.25) is 0 Å². The van der Waals surface area contributed by atoms with Crippen molar-refractivity contribution in [2.75, 3.05) is 6.61 Å². The Labute approximate surface area is 98.3 Å². The summed E-state index contributed by atoms with van der Waals surface area (Å²) in [7, 11) is 0. The first-order valence-corrected chi connectivity index (χ1v) is 5.61. The van der Waals surface area contributed by atoms with Gasteiger partial charge in [-0.05, 0) is 24.8 Å². The minimum absolute atomic E-state index is 0.0855. The molecule has 1 saturated carbocycles. The van der Waals surface area contributed by atoms with Gasteiger partial charge in [0, 0.05) is 12.1 Å². The van der Waals surface area contributed by atoms with Crippen LogP contribution in [0.5, 0.6) is 5.75 Å². The number of nitro benzene ring substituents is 1. The molecule has 16 heavy (non-hydrogen) atoms. The maximum absolute atomic E-state index is 10.5. The first-order chi connectivity index (χ1) is 7.66. The van der Waals surface area contributed by atoms with Gasteiger partial charge in [0.05, 0.1) is 11.5 Å². The lowest BCUT2D eigenvalue weighted by atomic mass is 9.86. The molecule has 2 rings (SSSR count).